The van der Waals surface area contributed by atoms with Crippen molar-refractivity contribution in [1.29, 1.82) is 0 Å². The van der Waals surface area contributed by atoms with Crippen molar-refractivity contribution in [2.45, 2.75) is 93.6 Å². The van der Waals surface area contributed by atoms with Crippen molar-refractivity contribution in [3.05, 3.63) is 82.4 Å². The second-order valence-electron chi connectivity index (χ2n) is 14.4. The van der Waals surface area contributed by atoms with E-state index in [-0.39, 0.29) is 14.2 Å². The monoisotopic (exact) mass is 583 g/mol. The minimum absolute atomic E-state index is 0.0994. The summed E-state index contributed by atoms with van der Waals surface area (Å²) in [6, 6.07) is 21.3. The van der Waals surface area contributed by atoms with Crippen LogP contribution in [0.5, 0.6) is 0 Å². The minimum Gasteiger partial charge on any atom is -0.113 e. The summed E-state index contributed by atoms with van der Waals surface area (Å²) in [5.41, 5.74) is 8.18. The zero-order chi connectivity index (χ0) is 27.4. The van der Waals surface area contributed by atoms with Gasteiger partial charge in [-0.05, 0) is 57.3 Å². The molecule has 0 spiro atoms. The molecule has 0 saturated heterocycles. The normalized spacial score (nSPS) is 25.0. The second-order valence-corrected chi connectivity index (χ2v) is 29.1. The summed E-state index contributed by atoms with van der Waals surface area (Å²) in [6.45, 7) is 21.9. The molecule has 0 amide bonds. The number of allylic oxidation sites excluding steroid dienone is 3. The third kappa shape index (κ3) is 5.20. The molecule has 2 aromatic carbocycles. The molecule has 1 radical (unpaired) electrons. The Balaban J connectivity index is 2.01. The lowest BCUT2D eigenvalue weighted by Crippen LogP contribution is -2.63. The standard InChI is InChI=1S/C32H45Cl2Si3/c1-30(2,3)23-37(9,31(33)21-25(22-36(6,7)8)27-15-11-13-17-29(27)31)32(34)26(18-19-35(4)5)20-24-14-10-12-16-28(24)32/h10-17,20-21H,18-19,22-23H2,1-9H3. The lowest BCUT2D eigenvalue weighted by molar-refractivity contribution is 0.453. The molecule has 4 rings (SSSR count). The highest BCUT2D eigenvalue weighted by atomic mass is 35.5. The molecule has 3 unspecified atom stereocenters. The van der Waals surface area contributed by atoms with Gasteiger partial charge in [-0.15, -0.1) is 23.2 Å². The number of hydrogen-bond acceptors (Lipinski definition) is 0. The van der Waals surface area contributed by atoms with E-state index in [0.717, 1.165) is 18.5 Å². The number of fused-ring (bicyclic) bond motifs is 2. The Hall–Kier alpha value is -0.849. The number of hydrogen-bond donors (Lipinski definition) is 0. The van der Waals surface area contributed by atoms with Crippen LogP contribution in [0, 0.1) is 5.41 Å². The topological polar surface area (TPSA) is 0 Å². The van der Waals surface area contributed by atoms with Gasteiger partial charge in [0.25, 0.3) is 0 Å². The summed E-state index contributed by atoms with van der Waals surface area (Å²) >= 11 is 16.5. The quantitative estimate of drug-likeness (QED) is 0.214. The molecular weight excluding hydrogens is 540 g/mol. The molecule has 2 aliphatic rings. The first-order valence-electron chi connectivity index (χ1n) is 13.8. The van der Waals surface area contributed by atoms with Crippen molar-refractivity contribution < 1.29 is 0 Å². The fourth-order valence-corrected chi connectivity index (χ4v) is 17.3. The van der Waals surface area contributed by atoms with Crippen LogP contribution in [0.2, 0.25) is 57.4 Å². The molecule has 0 aromatic heterocycles. The van der Waals surface area contributed by atoms with E-state index in [1.54, 1.807) is 0 Å². The first-order chi connectivity index (χ1) is 17.0. The van der Waals surface area contributed by atoms with Crippen LogP contribution < -0.4 is 0 Å². The Morgan fingerprint density at radius 3 is 2.05 bits per heavy atom. The maximum Gasteiger partial charge on any atom is 0.120 e. The minimum atomic E-state index is -2.61. The van der Waals surface area contributed by atoms with E-state index in [2.05, 4.69) is 121 Å². The lowest BCUT2D eigenvalue weighted by atomic mass is 10.0. The molecule has 3 atom stereocenters. The van der Waals surface area contributed by atoms with Crippen LogP contribution in [0.4, 0.5) is 0 Å². The summed E-state index contributed by atoms with van der Waals surface area (Å²) in [6.07, 6.45) is 5.98. The van der Waals surface area contributed by atoms with Crippen molar-refractivity contribution in [2.24, 2.45) is 5.41 Å². The van der Waals surface area contributed by atoms with Gasteiger partial charge in [-0.3, -0.25) is 0 Å². The zero-order valence-corrected chi connectivity index (χ0v) is 28.9. The third-order valence-electron chi connectivity index (χ3n) is 8.20. The first kappa shape index (κ1) is 29.1. The Morgan fingerprint density at radius 1 is 0.865 bits per heavy atom. The Kier molecular flexibility index (Phi) is 7.85. The Labute approximate surface area is 240 Å². The van der Waals surface area contributed by atoms with Crippen molar-refractivity contribution in [2.75, 3.05) is 0 Å². The van der Waals surface area contributed by atoms with E-state index in [1.165, 1.54) is 39.4 Å². The van der Waals surface area contributed by atoms with Gasteiger partial charge >= 0.3 is 0 Å². The molecule has 0 nitrogen and oxygen atoms in total. The SMILES string of the molecule is C[Si](C)CCC1=Cc2ccccc2C1(Cl)[Si](C)(CC(C)(C)C)C1(Cl)C=C(C[Si](C)(C)C)c2ccccc21. The maximum atomic E-state index is 8.28. The Bertz CT molecular complexity index is 1230. The van der Waals surface area contributed by atoms with Gasteiger partial charge in [-0.25, -0.2) is 0 Å². The van der Waals surface area contributed by atoms with E-state index >= 15 is 0 Å². The van der Waals surface area contributed by atoms with Crippen LogP contribution in [-0.4, -0.2) is 24.9 Å². The van der Waals surface area contributed by atoms with E-state index in [1.807, 2.05) is 0 Å². The number of alkyl halides is 2. The molecule has 37 heavy (non-hydrogen) atoms. The van der Waals surface area contributed by atoms with Gasteiger partial charge in [0, 0.05) is 16.9 Å². The van der Waals surface area contributed by atoms with E-state index < -0.39 is 25.1 Å². The van der Waals surface area contributed by atoms with Crippen LogP contribution in [0.1, 0.15) is 49.4 Å². The van der Waals surface area contributed by atoms with Gasteiger partial charge in [0.15, 0.2) is 0 Å². The van der Waals surface area contributed by atoms with E-state index in [9.17, 15) is 0 Å². The molecule has 0 N–H and O–H groups in total. The van der Waals surface area contributed by atoms with Crippen LogP contribution in [0.25, 0.3) is 11.6 Å². The van der Waals surface area contributed by atoms with Crippen LogP contribution in [0.3, 0.4) is 0 Å². The predicted molar refractivity (Wildman–Crippen MR) is 175 cm³/mol. The highest BCUT2D eigenvalue weighted by Gasteiger charge is 2.66. The molecule has 199 valence electrons. The average Bonchev–Trinajstić information content (AvgIpc) is 3.23. The highest BCUT2D eigenvalue weighted by Crippen LogP contribution is 2.64. The predicted octanol–water partition coefficient (Wildman–Crippen LogP) is 10.7. The van der Waals surface area contributed by atoms with Gasteiger partial charge in [-0.1, -0.05) is 127 Å². The van der Waals surface area contributed by atoms with Gasteiger partial charge in [0.2, 0.25) is 0 Å². The maximum absolute atomic E-state index is 8.28. The van der Waals surface area contributed by atoms with Crippen molar-refractivity contribution in [3.8, 4) is 0 Å². The molecular formula is C32H45Cl2Si3. The summed E-state index contributed by atoms with van der Waals surface area (Å²) in [4.78, 5) is 0. The summed E-state index contributed by atoms with van der Waals surface area (Å²) in [5.74, 6) is 0. The summed E-state index contributed by atoms with van der Waals surface area (Å²) in [5, 5.41) is 0. The Morgan fingerprint density at radius 2 is 1.46 bits per heavy atom. The van der Waals surface area contributed by atoms with Gasteiger partial charge in [0.1, 0.15) is 8.07 Å². The number of rotatable bonds is 8. The molecule has 0 aliphatic heterocycles. The van der Waals surface area contributed by atoms with Gasteiger partial charge < -0.3 is 0 Å². The summed E-state index contributed by atoms with van der Waals surface area (Å²) < 4.78 is -1.12. The largest absolute Gasteiger partial charge is 0.120 e. The van der Waals surface area contributed by atoms with E-state index in [0.29, 0.717) is 0 Å². The average molecular weight is 585 g/mol. The van der Waals surface area contributed by atoms with Crippen LogP contribution in [-0.2, 0) is 8.99 Å². The first-order valence-corrected chi connectivity index (χ1v) is 23.7. The number of benzene rings is 2. The number of halogens is 2. The molecule has 2 aromatic rings. The van der Waals surface area contributed by atoms with Crippen LogP contribution >= 0.6 is 23.2 Å². The van der Waals surface area contributed by atoms with Gasteiger partial charge in [-0.2, -0.15) is 0 Å². The molecule has 0 saturated carbocycles. The lowest BCUT2D eigenvalue weighted by Gasteiger charge is -2.53. The molecule has 5 heteroatoms. The third-order valence-corrected chi connectivity index (χ3v) is 20.1. The molecule has 0 heterocycles. The summed E-state index contributed by atoms with van der Waals surface area (Å²) in [7, 11) is -4.34. The van der Waals surface area contributed by atoms with Crippen molar-refractivity contribution in [3.63, 3.8) is 0 Å². The zero-order valence-electron chi connectivity index (χ0n) is 24.4. The molecule has 0 bridgehead atoms. The van der Waals surface area contributed by atoms with Crippen molar-refractivity contribution in [1.82, 2.24) is 0 Å². The molecule has 0 fully saturated rings. The fraction of sp³-hybridized carbons (Fsp3) is 0.500. The second kappa shape index (κ2) is 9.96. The van der Waals surface area contributed by atoms with Gasteiger partial charge in [0.05, 0.1) is 8.99 Å². The smallest absolute Gasteiger partial charge is 0.113 e. The fourth-order valence-electron chi connectivity index (χ4n) is 6.89. The van der Waals surface area contributed by atoms with Crippen molar-refractivity contribution >= 4 is 59.8 Å². The van der Waals surface area contributed by atoms with E-state index in [4.69, 9.17) is 23.2 Å². The van der Waals surface area contributed by atoms with Crippen LogP contribution in [0.15, 0.2) is 60.2 Å². The molecule has 2 aliphatic carbocycles. The highest BCUT2D eigenvalue weighted by molar-refractivity contribution is 6.96.